The molecule has 0 radical (unpaired) electrons. The number of fused-ring (bicyclic) bond motifs is 1. The highest BCUT2D eigenvalue weighted by atomic mass is 16.6. The standard InChI is InChI=1S/C29H32N2O4/c1-21-7-6-10-24(17-21)20-31(25(29(33)30-2)18-22-8-4-3-5-9-22)28(32)14-12-23-11-13-26-27(19-23)35-16-15-34-26/h3-11,13,17,19,25H,12,14-16,18,20H2,1-2H3,(H,30,33). The molecule has 1 aliphatic heterocycles. The maximum Gasteiger partial charge on any atom is 0.242 e. The average Bonchev–Trinajstić information content (AvgIpc) is 2.89. The van der Waals surface area contributed by atoms with E-state index >= 15 is 0 Å². The lowest BCUT2D eigenvalue weighted by Gasteiger charge is -2.31. The van der Waals surface area contributed by atoms with E-state index in [1.807, 2.05) is 73.7 Å². The Morgan fingerprint density at radius 2 is 1.63 bits per heavy atom. The first-order valence-electron chi connectivity index (χ1n) is 12.0. The number of hydrogen-bond acceptors (Lipinski definition) is 4. The van der Waals surface area contributed by atoms with Crippen molar-refractivity contribution in [2.75, 3.05) is 20.3 Å². The van der Waals surface area contributed by atoms with Gasteiger partial charge in [0.25, 0.3) is 0 Å². The van der Waals surface area contributed by atoms with Crippen LogP contribution >= 0.6 is 0 Å². The molecule has 1 heterocycles. The number of carbonyl (C=O) groups is 2. The molecule has 2 amide bonds. The minimum absolute atomic E-state index is 0.0640. The van der Waals surface area contributed by atoms with E-state index in [9.17, 15) is 9.59 Å². The summed E-state index contributed by atoms with van der Waals surface area (Å²) in [5.74, 6) is 1.21. The number of ether oxygens (including phenoxy) is 2. The first kappa shape index (κ1) is 24.3. The summed E-state index contributed by atoms with van der Waals surface area (Å²) in [6, 6.07) is 23.1. The average molecular weight is 473 g/mol. The van der Waals surface area contributed by atoms with Gasteiger partial charge in [-0.2, -0.15) is 0 Å². The van der Waals surface area contributed by atoms with Crippen LogP contribution in [0.5, 0.6) is 11.5 Å². The van der Waals surface area contributed by atoms with Crippen LogP contribution in [0.2, 0.25) is 0 Å². The zero-order valence-electron chi connectivity index (χ0n) is 20.3. The molecule has 0 aliphatic carbocycles. The predicted molar refractivity (Wildman–Crippen MR) is 135 cm³/mol. The minimum Gasteiger partial charge on any atom is -0.486 e. The number of carbonyl (C=O) groups excluding carboxylic acids is 2. The highest BCUT2D eigenvalue weighted by Gasteiger charge is 2.29. The third-order valence-electron chi connectivity index (χ3n) is 6.19. The molecule has 1 N–H and O–H groups in total. The summed E-state index contributed by atoms with van der Waals surface area (Å²) in [5, 5.41) is 2.76. The summed E-state index contributed by atoms with van der Waals surface area (Å²) < 4.78 is 11.3. The molecule has 182 valence electrons. The van der Waals surface area contributed by atoms with Crippen LogP contribution in [0.4, 0.5) is 0 Å². The summed E-state index contributed by atoms with van der Waals surface area (Å²) in [6.07, 6.45) is 1.28. The Morgan fingerprint density at radius 1 is 0.886 bits per heavy atom. The van der Waals surface area contributed by atoms with Crippen molar-refractivity contribution in [3.8, 4) is 11.5 Å². The van der Waals surface area contributed by atoms with Crippen molar-refractivity contribution in [2.24, 2.45) is 0 Å². The highest BCUT2D eigenvalue weighted by Crippen LogP contribution is 2.31. The van der Waals surface area contributed by atoms with Crippen LogP contribution in [0, 0.1) is 6.92 Å². The summed E-state index contributed by atoms with van der Waals surface area (Å²) >= 11 is 0. The molecule has 3 aromatic carbocycles. The lowest BCUT2D eigenvalue weighted by atomic mass is 10.0. The minimum atomic E-state index is -0.615. The van der Waals surface area contributed by atoms with E-state index in [2.05, 4.69) is 11.4 Å². The second-order valence-corrected chi connectivity index (χ2v) is 8.81. The van der Waals surface area contributed by atoms with E-state index in [1.54, 1.807) is 11.9 Å². The van der Waals surface area contributed by atoms with Crippen LogP contribution in [0.15, 0.2) is 72.8 Å². The number of rotatable bonds is 9. The number of amides is 2. The quantitative estimate of drug-likeness (QED) is 0.510. The third-order valence-corrected chi connectivity index (χ3v) is 6.19. The number of hydrogen-bond donors (Lipinski definition) is 1. The van der Waals surface area contributed by atoms with Crippen molar-refractivity contribution >= 4 is 11.8 Å². The molecule has 3 aromatic rings. The van der Waals surface area contributed by atoms with E-state index in [-0.39, 0.29) is 18.2 Å². The molecule has 6 heteroatoms. The fourth-order valence-electron chi connectivity index (χ4n) is 4.37. The third kappa shape index (κ3) is 6.41. The van der Waals surface area contributed by atoms with Crippen LogP contribution in [0.3, 0.4) is 0 Å². The molecule has 1 aliphatic rings. The van der Waals surface area contributed by atoms with Gasteiger partial charge in [0.05, 0.1) is 0 Å². The SMILES string of the molecule is CNC(=O)C(Cc1ccccc1)N(Cc1cccc(C)c1)C(=O)CCc1ccc2c(c1)OCCO2. The first-order valence-corrected chi connectivity index (χ1v) is 12.0. The summed E-state index contributed by atoms with van der Waals surface area (Å²) in [5.41, 5.74) is 4.12. The van der Waals surface area contributed by atoms with Crippen molar-refractivity contribution in [1.29, 1.82) is 0 Å². The molecule has 35 heavy (non-hydrogen) atoms. The number of nitrogens with zero attached hydrogens (tertiary/aromatic N) is 1. The zero-order chi connectivity index (χ0) is 24.6. The zero-order valence-corrected chi connectivity index (χ0v) is 20.3. The van der Waals surface area contributed by atoms with Crippen LogP contribution in [-0.4, -0.2) is 43.0 Å². The number of benzene rings is 3. The van der Waals surface area contributed by atoms with Crippen LogP contribution in [0.1, 0.15) is 28.7 Å². The maximum absolute atomic E-state index is 13.6. The van der Waals surface area contributed by atoms with Crippen molar-refractivity contribution in [2.45, 2.75) is 38.8 Å². The molecular formula is C29H32N2O4. The second kappa shape index (κ2) is 11.6. The van der Waals surface area contributed by atoms with Crippen LogP contribution in [-0.2, 0) is 29.0 Å². The van der Waals surface area contributed by atoms with Gasteiger partial charge in [0, 0.05) is 26.4 Å². The Kier molecular flexibility index (Phi) is 8.03. The summed E-state index contributed by atoms with van der Waals surface area (Å²) in [4.78, 5) is 28.4. The molecule has 0 fully saturated rings. The summed E-state index contributed by atoms with van der Waals surface area (Å²) in [7, 11) is 1.62. The maximum atomic E-state index is 13.6. The normalized spacial score (nSPS) is 13.1. The van der Waals surface area contributed by atoms with Gasteiger partial charge in [-0.1, -0.05) is 66.2 Å². The smallest absolute Gasteiger partial charge is 0.242 e. The van der Waals surface area contributed by atoms with E-state index in [4.69, 9.17) is 9.47 Å². The topological polar surface area (TPSA) is 67.9 Å². The summed E-state index contributed by atoms with van der Waals surface area (Å²) in [6.45, 7) is 3.46. The highest BCUT2D eigenvalue weighted by molar-refractivity contribution is 5.88. The molecule has 1 unspecified atom stereocenters. The Balaban J connectivity index is 1.56. The molecular weight excluding hydrogens is 440 g/mol. The lowest BCUT2D eigenvalue weighted by Crippen LogP contribution is -2.49. The fraction of sp³-hybridized carbons (Fsp3) is 0.310. The lowest BCUT2D eigenvalue weighted by molar-refractivity contribution is -0.141. The predicted octanol–water partition coefficient (Wildman–Crippen LogP) is 4.08. The largest absolute Gasteiger partial charge is 0.486 e. The Bertz CT molecular complexity index is 1160. The molecule has 4 rings (SSSR count). The Hall–Kier alpha value is -3.80. The van der Waals surface area contributed by atoms with Crippen LogP contribution in [0.25, 0.3) is 0 Å². The van der Waals surface area contributed by atoms with Gasteiger partial charge in [-0.3, -0.25) is 9.59 Å². The molecule has 0 saturated carbocycles. The van der Waals surface area contributed by atoms with Gasteiger partial charge in [-0.05, 0) is 42.2 Å². The molecule has 0 spiro atoms. The van der Waals surface area contributed by atoms with Gasteiger partial charge in [0.2, 0.25) is 11.8 Å². The van der Waals surface area contributed by atoms with Crippen molar-refractivity contribution in [3.63, 3.8) is 0 Å². The molecule has 6 nitrogen and oxygen atoms in total. The van der Waals surface area contributed by atoms with E-state index < -0.39 is 6.04 Å². The van der Waals surface area contributed by atoms with E-state index in [0.717, 1.165) is 28.0 Å². The van der Waals surface area contributed by atoms with Gasteiger partial charge in [-0.15, -0.1) is 0 Å². The van der Waals surface area contributed by atoms with Crippen molar-refractivity contribution in [1.82, 2.24) is 10.2 Å². The van der Waals surface area contributed by atoms with Gasteiger partial charge < -0.3 is 19.7 Å². The monoisotopic (exact) mass is 472 g/mol. The molecule has 0 aromatic heterocycles. The van der Waals surface area contributed by atoms with E-state index in [1.165, 1.54) is 0 Å². The number of nitrogens with one attached hydrogen (secondary N) is 1. The first-order chi connectivity index (χ1) is 17.0. The number of aryl methyl sites for hydroxylation is 2. The molecule has 0 bridgehead atoms. The van der Waals surface area contributed by atoms with Crippen molar-refractivity contribution < 1.29 is 19.1 Å². The van der Waals surface area contributed by atoms with Gasteiger partial charge in [-0.25, -0.2) is 0 Å². The van der Waals surface area contributed by atoms with Crippen molar-refractivity contribution in [3.05, 3.63) is 95.1 Å². The Morgan fingerprint density at radius 3 is 2.37 bits per heavy atom. The van der Waals surface area contributed by atoms with Gasteiger partial charge in [0.1, 0.15) is 19.3 Å². The van der Waals surface area contributed by atoms with E-state index in [0.29, 0.717) is 38.3 Å². The van der Waals surface area contributed by atoms with Crippen LogP contribution < -0.4 is 14.8 Å². The Labute approximate surface area is 206 Å². The van der Waals surface area contributed by atoms with Gasteiger partial charge >= 0.3 is 0 Å². The molecule has 0 saturated heterocycles. The fourth-order valence-corrected chi connectivity index (χ4v) is 4.37. The second-order valence-electron chi connectivity index (χ2n) is 8.81. The molecule has 1 atom stereocenters. The van der Waals surface area contributed by atoms with Gasteiger partial charge in [0.15, 0.2) is 11.5 Å². The number of likely N-dealkylation sites (N-methyl/N-ethyl adjacent to an activating group) is 1.